The molecule has 3 unspecified atom stereocenters. The quantitative estimate of drug-likeness (QED) is 0.886. The first kappa shape index (κ1) is 12.1. The van der Waals surface area contributed by atoms with Gasteiger partial charge in [0.05, 0.1) is 0 Å². The molecule has 0 aromatic carbocycles. The van der Waals surface area contributed by atoms with Gasteiger partial charge < -0.3 is 5.32 Å². The maximum atomic E-state index is 4.09. The number of aromatic nitrogens is 1. The van der Waals surface area contributed by atoms with Gasteiger partial charge in [0.25, 0.3) is 0 Å². The van der Waals surface area contributed by atoms with Crippen LogP contribution in [0.25, 0.3) is 0 Å². The van der Waals surface area contributed by atoms with Crippen LogP contribution in [0.3, 0.4) is 0 Å². The van der Waals surface area contributed by atoms with Crippen LogP contribution >= 0.6 is 0 Å². The van der Waals surface area contributed by atoms with Crippen molar-refractivity contribution in [1.82, 2.24) is 15.2 Å². The predicted octanol–water partition coefficient (Wildman–Crippen LogP) is 2.36. The number of hydrogen-bond donors (Lipinski definition) is 1. The van der Waals surface area contributed by atoms with Gasteiger partial charge in [-0.15, -0.1) is 0 Å². The van der Waals surface area contributed by atoms with Crippen molar-refractivity contribution >= 4 is 0 Å². The first-order valence-corrected chi connectivity index (χ1v) is 7.24. The molecule has 0 saturated carbocycles. The maximum Gasteiger partial charge on any atom is 0.0296 e. The predicted molar refractivity (Wildman–Crippen MR) is 73.4 cm³/mol. The summed E-state index contributed by atoms with van der Waals surface area (Å²) in [7, 11) is 0. The molecule has 2 fully saturated rings. The standard InChI is InChI=1S/C15H23N3/c1-12(13-5-8-16-9-6-13)17-14-7-11-18-10-3-2-4-15(14)18/h5-6,8-9,12,14-15,17H,2-4,7,10-11H2,1H3. The van der Waals surface area contributed by atoms with Crippen molar-refractivity contribution in [2.45, 2.75) is 50.7 Å². The molecule has 98 valence electrons. The van der Waals surface area contributed by atoms with Gasteiger partial charge in [-0.05, 0) is 50.4 Å². The Morgan fingerprint density at radius 2 is 2.06 bits per heavy atom. The molecule has 2 saturated heterocycles. The maximum absolute atomic E-state index is 4.09. The van der Waals surface area contributed by atoms with Crippen LogP contribution in [0.2, 0.25) is 0 Å². The smallest absolute Gasteiger partial charge is 0.0296 e. The molecule has 0 radical (unpaired) electrons. The van der Waals surface area contributed by atoms with Crippen molar-refractivity contribution in [2.24, 2.45) is 0 Å². The summed E-state index contributed by atoms with van der Waals surface area (Å²) in [5.41, 5.74) is 1.35. The number of pyridine rings is 1. The van der Waals surface area contributed by atoms with Crippen molar-refractivity contribution in [3.8, 4) is 0 Å². The van der Waals surface area contributed by atoms with E-state index in [0.29, 0.717) is 12.1 Å². The molecule has 3 heteroatoms. The van der Waals surface area contributed by atoms with E-state index in [2.05, 4.69) is 34.3 Å². The van der Waals surface area contributed by atoms with Gasteiger partial charge in [0.15, 0.2) is 0 Å². The number of hydrogen-bond acceptors (Lipinski definition) is 3. The number of rotatable bonds is 3. The van der Waals surface area contributed by atoms with Crippen LogP contribution in [0.5, 0.6) is 0 Å². The van der Waals surface area contributed by atoms with E-state index in [9.17, 15) is 0 Å². The van der Waals surface area contributed by atoms with Gasteiger partial charge in [0.2, 0.25) is 0 Å². The lowest BCUT2D eigenvalue weighted by Crippen LogP contribution is -2.45. The molecule has 0 aliphatic carbocycles. The van der Waals surface area contributed by atoms with E-state index < -0.39 is 0 Å². The highest BCUT2D eigenvalue weighted by molar-refractivity contribution is 5.14. The average molecular weight is 245 g/mol. The zero-order valence-electron chi connectivity index (χ0n) is 11.2. The lowest BCUT2D eigenvalue weighted by Gasteiger charge is -2.33. The molecule has 3 nitrogen and oxygen atoms in total. The van der Waals surface area contributed by atoms with Crippen LogP contribution in [-0.4, -0.2) is 35.1 Å². The van der Waals surface area contributed by atoms with E-state index in [1.54, 1.807) is 0 Å². The van der Waals surface area contributed by atoms with E-state index >= 15 is 0 Å². The molecular formula is C15H23N3. The molecule has 2 aliphatic heterocycles. The average Bonchev–Trinajstić information content (AvgIpc) is 2.83. The monoisotopic (exact) mass is 245 g/mol. The zero-order valence-corrected chi connectivity index (χ0v) is 11.2. The molecule has 2 aliphatic rings. The fraction of sp³-hybridized carbons (Fsp3) is 0.667. The van der Waals surface area contributed by atoms with Crippen LogP contribution < -0.4 is 5.32 Å². The van der Waals surface area contributed by atoms with Crippen LogP contribution in [0.1, 0.15) is 44.2 Å². The molecule has 3 atom stereocenters. The van der Waals surface area contributed by atoms with Crippen LogP contribution in [0.4, 0.5) is 0 Å². The fourth-order valence-electron chi connectivity index (χ4n) is 3.51. The number of piperidine rings is 1. The first-order chi connectivity index (χ1) is 8.84. The normalized spacial score (nSPS) is 30.1. The topological polar surface area (TPSA) is 28.2 Å². The Morgan fingerprint density at radius 3 is 2.89 bits per heavy atom. The third-order valence-electron chi connectivity index (χ3n) is 4.53. The summed E-state index contributed by atoms with van der Waals surface area (Å²) in [6, 6.07) is 6.12. The van der Waals surface area contributed by atoms with Gasteiger partial charge in [-0.1, -0.05) is 6.42 Å². The molecular weight excluding hydrogens is 222 g/mol. The Kier molecular flexibility index (Phi) is 3.62. The third kappa shape index (κ3) is 2.43. The van der Waals surface area contributed by atoms with Crippen LogP contribution in [0, 0.1) is 0 Å². The second kappa shape index (κ2) is 5.37. The van der Waals surface area contributed by atoms with Gasteiger partial charge in [-0.2, -0.15) is 0 Å². The largest absolute Gasteiger partial charge is 0.306 e. The fourth-order valence-corrected chi connectivity index (χ4v) is 3.51. The minimum absolute atomic E-state index is 0.430. The molecule has 1 N–H and O–H groups in total. The van der Waals surface area contributed by atoms with Crippen molar-refractivity contribution in [3.05, 3.63) is 30.1 Å². The summed E-state index contributed by atoms with van der Waals surface area (Å²) >= 11 is 0. The lowest BCUT2D eigenvalue weighted by atomic mass is 9.98. The third-order valence-corrected chi connectivity index (χ3v) is 4.53. The second-order valence-corrected chi connectivity index (χ2v) is 5.66. The van der Waals surface area contributed by atoms with Crippen LogP contribution in [-0.2, 0) is 0 Å². The molecule has 3 heterocycles. The van der Waals surface area contributed by atoms with E-state index in [0.717, 1.165) is 6.04 Å². The van der Waals surface area contributed by atoms with Gasteiger partial charge in [0, 0.05) is 37.1 Å². The molecule has 0 bridgehead atoms. The van der Waals surface area contributed by atoms with Crippen molar-refractivity contribution in [3.63, 3.8) is 0 Å². The Balaban J connectivity index is 1.63. The zero-order chi connectivity index (χ0) is 12.4. The Bertz CT molecular complexity index is 379. The Morgan fingerprint density at radius 1 is 1.22 bits per heavy atom. The molecule has 1 aromatic rings. The summed E-state index contributed by atoms with van der Waals surface area (Å²) in [4.78, 5) is 6.77. The van der Waals surface area contributed by atoms with E-state index in [1.807, 2.05) is 12.4 Å². The summed E-state index contributed by atoms with van der Waals surface area (Å²) in [5, 5.41) is 3.82. The minimum Gasteiger partial charge on any atom is -0.306 e. The van der Waals surface area contributed by atoms with Gasteiger partial charge in [-0.25, -0.2) is 0 Å². The van der Waals surface area contributed by atoms with E-state index in [-0.39, 0.29) is 0 Å². The minimum atomic E-state index is 0.430. The molecule has 0 amide bonds. The van der Waals surface area contributed by atoms with Gasteiger partial charge >= 0.3 is 0 Å². The van der Waals surface area contributed by atoms with Crippen LogP contribution in [0.15, 0.2) is 24.5 Å². The number of nitrogens with one attached hydrogen (secondary N) is 1. The number of nitrogens with zero attached hydrogens (tertiary/aromatic N) is 2. The SMILES string of the molecule is CC(NC1CCN2CCCCC12)c1ccncc1. The van der Waals surface area contributed by atoms with E-state index in [1.165, 1.54) is 44.3 Å². The summed E-state index contributed by atoms with van der Waals surface area (Å²) < 4.78 is 0. The summed E-state index contributed by atoms with van der Waals surface area (Å²) in [6.45, 7) is 4.86. The highest BCUT2D eigenvalue weighted by atomic mass is 15.2. The molecule has 0 spiro atoms. The molecule has 3 rings (SSSR count). The number of fused-ring (bicyclic) bond motifs is 1. The van der Waals surface area contributed by atoms with Crippen molar-refractivity contribution in [1.29, 1.82) is 0 Å². The highest BCUT2D eigenvalue weighted by Crippen LogP contribution is 2.28. The van der Waals surface area contributed by atoms with Crippen molar-refractivity contribution < 1.29 is 0 Å². The first-order valence-electron chi connectivity index (χ1n) is 7.24. The Labute approximate surface area is 110 Å². The molecule has 1 aromatic heterocycles. The highest BCUT2D eigenvalue weighted by Gasteiger charge is 2.35. The lowest BCUT2D eigenvalue weighted by molar-refractivity contribution is 0.177. The Hall–Kier alpha value is -0.930. The van der Waals surface area contributed by atoms with Gasteiger partial charge in [0.1, 0.15) is 0 Å². The van der Waals surface area contributed by atoms with Crippen molar-refractivity contribution in [2.75, 3.05) is 13.1 Å². The van der Waals surface area contributed by atoms with Gasteiger partial charge in [-0.3, -0.25) is 9.88 Å². The molecule has 18 heavy (non-hydrogen) atoms. The summed E-state index contributed by atoms with van der Waals surface area (Å²) in [6.07, 6.45) is 9.25. The summed E-state index contributed by atoms with van der Waals surface area (Å²) in [5.74, 6) is 0. The second-order valence-electron chi connectivity index (χ2n) is 5.66. The van der Waals surface area contributed by atoms with E-state index in [4.69, 9.17) is 0 Å².